The molecule has 0 aliphatic carbocycles. The summed E-state index contributed by atoms with van der Waals surface area (Å²) in [6.07, 6.45) is 1.83. The molecule has 0 radical (unpaired) electrons. The van der Waals surface area contributed by atoms with Crippen molar-refractivity contribution in [2.45, 2.75) is 32.6 Å². The summed E-state index contributed by atoms with van der Waals surface area (Å²) in [5.74, 6) is 0.178. The molecule has 2 aromatic carbocycles. The van der Waals surface area contributed by atoms with Crippen LogP contribution in [0.3, 0.4) is 0 Å². The van der Waals surface area contributed by atoms with Crippen LogP contribution in [0.1, 0.15) is 45.3 Å². The van der Waals surface area contributed by atoms with Crippen molar-refractivity contribution in [3.63, 3.8) is 0 Å². The Morgan fingerprint density at radius 3 is 2.59 bits per heavy atom. The number of aromatic nitrogens is 1. The van der Waals surface area contributed by atoms with E-state index in [2.05, 4.69) is 11.4 Å². The number of likely N-dealkylation sites (tertiary alicyclic amines) is 1. The molecular formula is C23H25N3O2S. The molecule has 0 atom stereocenters. The fourth-order valence-electron chi connectivity index (χ4n) is 3.69. The van der Waals surface area contributed by atoms with Crippen LogP contribution in [-0.4, -0.2) is 41.3 Å². The number of amides is 2. The van der Waals surface area contributed by atoms with Crippen LogP contribution >= 0.6 is 11.3 Å². The average molecular weight is 408 g/mol. The fourth-order valence-corrected chi connectivity index (χ4v) is 4.83. The number of nitrogens with one attached hydrogen (secondary N) is 1. The molecule has 2 heterocycles. The number of para-hydroxylation sites is 1. The Bertz CT molecular complexity index is 1020. The van der Waals surface area contributed by atoms with Crippen LogP contribution in [0.25, 0.3) is 10.2 Å². The number of nitrogens with zero attached hydrogens (tertiary/aromatic N) is 2. The van der Waals surface area contributed by atoms with E-state index < -0.39 is 0 Å². The molecule has 5 nitrogen and oxygen atoms in total. The second-order valence-electron chi connectivity index (χ2n) is 7.66. The Kier molecular flexibility index (Phi) is 5.62. The van der Waals surface area contributed by atoms with Crippen LogP contribution < -0.4 is 5.32 Å². The minimum absolute atomic E-state index is 0.0232. The molecule has 0 bridgehead atoms. The lowest BCUT2D eigenvalue weighted by atomic mass is 9.97. The Labute approximate surface area is 174 Å². The highest BCUT2D eigenvalue weighted by molar-refractivity contribution is 7.18. The largest absolute Gasteiger partial charge is 0.343 e. The van der Waals surface area contributed by atoms with Crippen molar-refractivity contribution in [2.24, 2.45) is 0 Å². The molecule has 2 amide bonds. The van der Waals surface area contributed by atoms with Crippen LogP contribution in [-0.2, 0) is 4.79 Å². The number of carbonyl (C=O) groups is 2. The van der Waals surface area contributed by atoms with E-state index in [0.29, 0.717) is 24.6 Å². The molecule has 150 valence electrons. The van der Waals surface area contributed by atoms with Crippen LogP contribution in [0, 0.1) is 13.8 Å². The van der Waals surface area contributed by atoms with Crippen molar-refractivity contribution in [3.05, 3.63) is 64.2 Å². The van der Waals surface area contributed by atoms with Crippen LogP contribution in [0.4, 0.5) is 0 Å². The number of thiazole rings is 1. The Morgan fingerprint density at radius 1 is 1.10 bits per heavy atom. The second kappa shape index (κ2) is 8.33. The molecule has 3 aromatic rings. The van der Waals surface area contributed by atoms with Gasteiger partial charge in [0.1, 0.15) is 0 Å². The SMILES string of the molecule is Cc1ccc(C(=O)NCC(=O)N2CCC(c3nc4ccccc4s3)CC2)cc1C. The van der Waals surface area contributed by atoms with Gasteiger partial charge >= 0.3 is 0 Å². The molecule has 1 aromatic heterocycles. The lowest BCUT2D eigenvalue weighted by Gasteiger charge is -2.31. The zero-order valence-electron chi connectivity index (χ0n) is 16.8. The standard InChI is InChI=1S/C23H25N3O2S/c1-15-7-8-18(13-16(15)2)22(28)24-14-21(27)26-11-9-17(10-12-26)23-25-19-5-3-4-6-20(19)29-23/h3-8,13,17H,9-12,14H2,1-2H3,(H,24,28). The molecule has 29 heavy (non-hydrogen) atoms. The number of aryl methyl sites for hydroxylation is 2. The van der Waals surface area contributed by atoms with Crippen molar-refractivity contribution in [1.82, 2.24) is 15.2 Å². The van der Waals surface area contributed by atoms with Gasteiger partial charge in [0.25, 0.3) is 5.91 Å². The highest BCUT2D eigenvalue weighted by atomic mass is 32.1. The first-order valence-electron chi connectivity index (χ1n) is 10.00. The maximum Gasteiger partial charge on any atom is 0.251 e. The van der Waals surface area contributed by atoms with Crippen molar-refractivity contribution >= 4 is 33.4 Å². The van der Waals surface area contributed by atoms with Crippen molar-refractivity contribution < 1.29 is 9.59 Å². The number of carbonyl (C=O) groups excluding carboxylic acids is 2. The van der Waals surface area contributed by atoms with Gasteiger partial charge in [-0.1, -0.05) is 18.2 Å². The Morgan fingerprint density at radius 2 is 1.86 bits per heavy atom. The first-order valence-corrected chi connectivity index (χ1v) is 10.8. The monoisotopic (exact) mass is 407 g/mol. The predicted octanol–water partition coefficient (Wildman–Crippen LogP) is 4.05. The minimum atomic E-state index is -0.203. The van der Waals surface area contributed by atoms with E-state index in [4.69, 9.17) is 4.98 Å². The molecule has 1 aliphatic rings. The van der Waals surface area contributed by atoms with Crippen LogP contribution in [0.5, 0.6) is 0 Å². The first kappa shape index (κ1) is 19.6. The summed E-state index contributed by atoms with van der Waals surface area (Å²) in [5.41, 5.74) is 3.87. The molecule has 0 saturated carbocycles. The quantitative estimate of drug-likeness (QED) is 0.710. The summed E-state index contributed by atoms with van der Waals surface area (Å²) in [7, 11) is 0. The minimum Gasteiger partial charge on any atom is -0.343 e. The van der Waals surface area contributed by atoms with Gasteiger partial charge in [0, 0.05) is 24.6 Å². The molecule has 6 heteroatoms. The van der Waals surface area contributed by atoms with Crippen molar-refractivity contribution in [3.8, 4) is 0 Å². The van der Waals surface area contributed by atoms with Crippen LogP contribution in [0.15, 0.2) is 42.5 Å². The van der Waals surface area contributed by atoms with Gasteiger partial charge in [-0.05, 0) is 62.1 Å². The molecule has 0 unspecified atom stereocenters. The van der Waals surface area contributed by atoms with Gasteiger partial charge in [0.05, 0.1) is 21.8 Å². The zero-order chi connectivity index (χ0) is 20.4. The third kappa shape index (κ3) is 4.32. The van der Waals surface area contributed by atoms with Crippen molar-refractivity contribution in [2.75, 3.05) is 19.6 Å². The second-order valence-corrected chi connectivity index (χ2v) is 8.72. The number of rotatable bonds is 4. The number of hydrogen-bond donors (Lipinski definition) is 1. The summed E-state index contributed by atoms with van der Waals surface area (Å²) >= 11 is 1.76. The van der Waals surface area contributed by atoms with Gasteiger partial charge < -0.3 is 10.2 Å². The number of benzene rings is 2. The van der Waals surface area contributed by atoms with Crippen LogP contribution in [0.2, 0.25) is 0 Å². The zero-order valence-corrected chi connectivity index (χ0v) is 17.6. The number of piperidine rings is 1. The number of hydrogen-bond acceptors (Lipinski definition) is 4. The lowest BCUT2D eigenvalue weighted by molar-refractivity contribution is -0.131. The van der Waals surface area contributed by atoms with Gasteiger partial charge in [-0.25, -0.2) is 4.98 Å². The van der Waals surface area contributed by atoms with E-state index in [1.807, 2.05) is 49.1 Å². The fraction of sp³-hybridized carbons (Fsp3) is 0.348. The van der Waals surface area contributed by atoms with E-state index in [1.54, 1.807) is 17.4 Å². The van der Waals surface area contributed by atoms with E-state index in [0.717, 1.165) is 29.5 Å². The van der Waals surface area contributed by atoms with E-state index in [9.17, 15) is 9.59 Å². The van der Waals surface area contributed by atoms with E-state index in [-0.39, 0.29) is 18.4 Å². The molecule has 1 fully saturated rings. The molecule has 4 rings (SSSR count). The smallest absolute Gasteiger partial charge is 0.251 e. The highest BCUT2D eigenvalue weighted by Crippen LogP contribution is 2.33. The lowest BCUT2D eigenvalue weighted by Crippen LogP contribution is -2.43. The third-order valence-electron chi connectivity index (χ3n) is 5.68. The van der Waals surface area contributed by atoms with Crippen molar-refractivity contribution in [1.29, 1.82) is 0 Å². The summed E-state index contributed by atoms with van der Waals surface area (Å²) in [4.78, 5) is 31.5. The molecule has 1 aliphatic heterocycles. The third-order valence-corrected chi connectivity index (χ3v) is 6.88. The Hall–Kier alpha value is -2.73. The average Bonchev–Trinajstić information content (AvgIpc) is 3.18. The van der Waals surface area contributed by atoms with Gasteiger partial charge in [-0.2, -0.15) is 0 Å². The summed E-state index contributed by atoms with van der Waals surface area (Å²) < 4.78 is 1.22. The maximum absolute atomic E-state index is 12.5. The Balaban J connectivity index is 1.29. The molecule has 1 saturated heterocycles. The number of fused-ring (bicyclic) bond motifs is 1. The van der Waals surface area contributed by atoms with Gasteiger partial charge in [0.15, 0.2) is 0 Å². The van der Waals surface area contributed by atoms with Gasteiger partial charge in [-0.3, -0.25) is 9.59 Å². The normalized spacial score (nSPS) is 14.9. The molecule has 0 spiro atoms. The van der Waals surface area contributed by atoms with E-state index >= 15 is 0 Å². The van der Waals surface area contributed by atoms with Gasteiger partial charge in [0.2, 0.25) is 5.91 Å². The molecule has 1 N–H and O–H groups in total. The summed E-state index contributed by atoms with van der Waals surface area (Å²) in [6, 6.07) is 13.8. The van der Waals surface area contributed by atoms with Gasteiger partial charge in [-0.15, -0.1) is 11.3 Å². The van der Waals surface area contributed by atoms with E-state index in [1.165, 1.54) is 9.71 Å². The summed E-state index contributed by atoms with van der Waals surface area (Å²) in [5, 5.41) is 3.93. The highest BCUT2D eigenvalue weighted by Gasteiger charge is 2.26. The maximum atomic E-state index is 12.5. The molecular weight excluding hydrogens is 382 g/mol. The topological polar surface area (TPSA) is 62.3 Å². The summed E-state index contributed by atoms with van der Waals surface area (Å²) in [6.45, 7) is 5.45. The predicted molar refractivity (Wildman–Crippen MR) is 116 cm³/mol. The first-order chi connectivity index (χ1) is 14.0.